The fraction of sp³-hybridized carbons (Fsp3) is 0.467. The zero-order valence-corrected chi connectivity index (χ0v) is 11.6. The summed E-state index contributed by atoms with van der Waals surface area (Å²) in [4.78, 5) is 13.4. The predicted octanol–water partition coefficient (Wildman–Crippen LogP) is 3.52. The summed E-state index contributed by atoms with van der Waals surface area (Å²) in [6, 6.07) is 4.80. The van der Waals surface area contributed by atoms with Gasteiger partial charge in [0.05, 0.1) is 23.2 Å². The summed E-state index contributed by atoms with van der Waals surface area (Å²) in [5.41, 5.74) is -1.00. The van der Waals surface area contributed by atoms with Crippen molar-refractivity contribution in [3.8, 4) is 6.07 Å². The Balaban J connectivity index is 2.44. The van der Waals surface area contributed by atoms with Gasteiger partial charge in [0.1, 0.15) is 0 Å². The molecule has 1 unspecified atom stereocenters. The normalized spacial score (nSPS) is 19.2. The highest BCUT2D eigenvalue weighted by atomic mass is 19.4. The molecule has 1 aromatic rings. The Hall–Kier alpha value is -2.03. The lowest BCUT2D eigenvalue weighted by atomic mass is 9.97. The fourth-order valence-electron chi connectivity index (χ4n) is 2.71. The first-order valence-electron chi connectivity index (χ1n) is 6.73. The first kappa shape index (κ1) is 15.4. The topological polar surface area (TPSA) is 44.1 Å². The number of benzene rings is 1. The van der Waals surface area contributed by atoms with E-state index in [9.17, 15) is 18.0 Å². The summed E-state index contributed by atoms with van der Waals surface area (Å²) in [5.74, 6) is -0.0485. The second-order valence-corrected chi connectivity index (χ2v) is 5.16. The second kappa shape index (κ2) is 5.76. The summed E-state index contributed by atoms with van der Waals surface area (Å²) in [7, 11) is 0. The molecular weight excluding hydrogens is 281 g/mol. The Morgan fingerprint density at radius 3 is 2.67 bits per heavy atom. The summed E-state index contributed by atoms with van der Waals surface area (Å²) in [6.07, 6.45) is -2.20. The molecule has 1 atom stereocenters. The molecule has 0 amide bonds. The van der Waals surface area contributed by atoms with Crippen LogP contribution in [0.4, 0.5) is 18.9 Å². The maximum absolute atomic E-state index is 13.0. The maximum atomic E-state index is 13.0. The fourth-order valence-corrected chi connectivity index (χ4v) is 2.71. The van der Waals surface area contributed by atoms with Gasteiger partial charge in [0.15, 0.2) is 5.78 Å². The number of carbonyl (C=O) groups excluding carboxylic acids is 1. The number of piperidine rings is 1. The molecule has 0 saturated carbocycles. The van der Waals surface area contributed by atoms with Gasteiger partial charge in [-0.25, -0.2) is 0 Å². The minimum Gasteiger partial charge on any atom is -0.361 e. The van der Waals surface area contributed by atoms with E-state index in [4.69, 9.17) is 5.26 Å². The minimum atomic E-state index is -4.58. The van der Waals surface area contributed by atoms with Gasteiger partial charge in [0.2, 0.25) is 0 Å². The quantitative estimate of drug-likeness (QED) is 0.838. The first-order valence-corrected chi connectivity index (χ1v) is 6.73. The number of nitriles is 1. The third kappa shape index (κ3) is 3.18. The smallest absolute Gasteiger partial charge is 0.361 e. The number of Topliss-reactive ketones (excluding diaryl/α,β-unsaturated/α-hetero) is 1. The number of carbonyl (C=O) groups is 1. The molecule has 1 aliphatic rings. The molecule has 1 fully saturated rings. The number of rotatable bonds is 2. The van der Waals surface area contributed by atoms with E-state index >= 15 is 0 Å². The number of ketones is 1. The minimum absolute atomic E-state index is 0.0485. The van der Waals surface area contributed by atoms with E-state index < -0.39 is 17.3 Å². The van der Waals surface area contributed by atoms with Crippen molar-refractivity contribution in [1.29, 1.82) is 5.26 Å². The van der Waals surface area contributed by atoms with Crippen LogP contribution in [-0.4, -0.2) is 18.4 Å². The van der Waals surface area contributed by atoms with Gasteiger partial charge in [-0.1, -0.05) is 0 Å². The Labute approximate surface area is 121 Å². The molecule has 0 aromatic heterocycles. The molecule has 2 rings (SSSR count). The van der Waals surface area contributed by atoms with E-state index in [1.807, 2.05) is 0 Å². The van der Waals surface area contributed by atoms with Crippen LogP contribution in [0.15, 0.2) is 18.2 Å². The lowest BCUT2D eigenvalue weighted by Crippen LogP contribution is -2.44. The van der Waals surface area contributed by atoms with Crippen LogP contribution in [-0.2, 0) is 11.0 Å². The van der Waals surface area contributed by atoms with Gasteiger partial charge >= 0.3 is 6.18 Å². The Morgan fingerprint density at radius 2 is 2.10 bits per heavy atom. The van der Waals surface area contributed by atoms with Crippen molar-refractivity contribution in [2.24, 2.45) is 0 Å². The van der Waals surface area contributed by atoms with Gasteiger partial charge in [-0.15, -0.1) is 0 Å². The molecular formula is C15H15F3N2O. The van der Waals surface area contributed by atoms with E-state index in [0.29, 0.717) is 18.7 Å². The average Bonchev–Trinajstić information content (AvgIpc) is 2.45. The van der Waals surface area contributed by atoms with Crippen LogP contribution in [0.3, 0.4) is 0 Å². The van der Waals surface area contributed by atoms with Crippen LogP contribution in [0.25, 0.3) is 0 Å². The van der Waals surface area contributed by atoms with E-state index in [0.717, 1.165) is 18.9 Å². The molecule has 6 heteroatoms. The maximum Gasteiger partial charge on any atom is 0.417 e. The zero-order chi connectivity index (χ0) is 15.6. The lowest BCUT2D eigenvalue weighted by molar-refractivity contribution is -0.137. The van der Waals surface area contributed by atoms with E-state index in [1.165, 1.54) is 19.1 Å². The van der Waals surface area contributed by atoms with Crippen LogP contribution in [0.1, 0.15) is 37.3 Å². The third-order valence-corrected chi connectivity index (χ3v) is 3.73. The predicted molar refractivity (Wildman–Crippen MR) is 71.8 cm³/mol. The van der Waals surface area contributed by atoms with Gasteiger partial charge < -0.3 is 4.90 Å². The molecule has 1 saturated heterocycles. The first-order chi connectivity index (χ1) is 9.84. The molecule has 1 aromatic carbocycles. The Bertz CT molecular complexity index is 590. The van der Waals surface area contributed by atoms with E-state index in [-0.39, 0.29) is 11.8 Å². The molecule has 0 bridgehead atoms. The molecule has 21 heavy (non-hydrogen) atoms. The zero-order valence-electron chi connectivity index (χ0n) is 11.6. The molecule has 0 aliphatic carbocycles. The average molecular weight is 296 g/mol. The van der Waals surface area contributed by atoms with Crippen molar-refractivity contribution < 1.29 is 18.0 Å². The number of hydrogen-bond donors (Lipinski definition) is 0. The molecule has 0 radical (unpaired) electrons. The number of halogens is 3. The van der Waals surface area contributed by atoms with Gasteiger partial charge in [-0.05, 0) is 44.4 Å². The Morgan fingerprint density at radius 1 is 1.38 bits per heavy atom. The number of hydrogen-bond acceptors (Lipinski definition) is 3. The monoisotopic (exact) mass is 296 g/mol. The summed E-state index contributed by atoms with van der Waals surface area (Å²) < 4.78 is 39.0. The van der Waals surface area contributed by atoms with Gasteiger partial charge in [0, 0.05) is 12.2 Å². The van der Waals surface area contributed by atoms with Gasteiger partial charge in [0.25, 0.3) is 0 Å². The van der Waals surface area contributed by atoms with Crippen LogP contribution in [0.2, 0.25) is 0 Å². The summed E-state index contributed by atoms with van der Waals surface area (Å²) in [5, 5.41) is 8.81. The van der Waals surface area contributed by atoms with Crippen LogP contribution in [0.5, 0.6) is 0 Å². The number of alkyl halides is 3. The van der Waals surface area contributed by atoms with Crippen molar-refractivity contribution in [2.75, 3.05) is 11.4 Å². The van der Waals surface area contributed by atoms with Crippen LogP contribution >= 0.6 is 0 Å². The van der Waals surface area contributed by atoms with E-state index in [1.54, 1.807) is 11.0 Å². The number of nitrogens with zero attached hydrogens (tertiary/aromatic N) is 2. The second-order valence-electron chi connectivity index (χ2n) is 5.16. The molecule has 112 valence electrons. The SMILES string of the molecule is CC(=O)C1CCCCN1c1ccc(C#N)c(C(F)(F)F)c1. The standard InChI is InChI=1S/C15H15F3N2O/c1-10(21)14-4-2-3-7-20(14)12-6-5-11(9-19)13(8-12)15(16,17)18/h5-6,8,14H,2-4,7H2,1H3. The Kier molecular flexibility index (Phi) is 4.21. The van der Waals surface area contributed by atoms with Crippen molar-refractivity contribution in [1.82, 2.24) is 0 Å². The molecule has 3 nitrogen and oxygen atoms in total. The number of anilines is 1. The van der Waals surface area contributed by atoms with Crippen molar-refractivity contribution >= 4 is 11.5 Å². The summed E-state index contributed by atoms with van der Waals surface area (Å²) >= 11 is 0. The molecule has 1 aliphatic heterocycles. The van der Waals surface area contributed by atoms with Gasteiger partial charge in [-0.2, -0.15) is 18.4 Å². The third-order valence-electron chi connectivity index (χ3n) is 3.73. The highest BCUT2D eigenvalue weighted by Gasteiger charge is 2.35. The largest absolute Gasteiger partial charge is 0.417 e. The molecule has 1 heterocycles. The van der Waals surface area contributed by atoms with Gasteiger partial charge in [-0.3, -0.25) is 4.79 Å². The van der Waals surface area contributed by atoms with Crippen molar-refractivity contribution in [3.05, 3.63) is 29.3 Å². The molecule has 0 spiro atoms. The van der Waals surface area contributed by atoms with Crippen LogP contribution in [0, 0.1) is 11.3 Å². The van der Waals surface area contributed by atoms with E-state index in [2.05, 4.69) is 0 Å². The summed E-state index contributed by atoms with van der Waals surface area (Å²) in [6.45, 7) is 2.00. The van der Waals surface area contributed by atoms with Crippen molar-refractivity contribution in [2.45, 2.75) is 38.4 Å². The van der Waals surface area contributed by atoms with Crippen molar-refractivity contribution in [3.63, 3.8) is 0 Å². The molecule has 0 N–H and O–H groups in total. The lowest BCUT2D eigenvalue weighted by Gasteiger charge is -2.36. The highest BCUT2D eigenvalue weighted by Crippen LogP contribution is 2.35. The van der Waals surface area contributed by atoms with Crippen LogP contribution < -0.4 is 4.90 Å². The highest BCUT2D eigenvalue weighted by molar-refractivity contribution is 5.85.